The molecule has 0 bridgehead atoms. The van der Waals surface area contributed by atoms with Gasteiger partial charge in [-0.15, -0.1) is 0 Å². The molecule has 0 aromatic carbocycles. The Morgan fingerprint density at radius 3 is 1.87 bits per heavy atom. The van der Waals surface area contributed by atoms with Crippen molar-refractivity contribution in [3.05, 3.63) is 59.7 Å². The highest BCUT2D eigenvalue weighted by atomic mass is 19.4. The molecule has 0 spiro atoms. The first-order chi connectivity index (χ1) is 21.1. The Hall–Kier alpha value is -4.04. The van der Waals surface area contributed by atoms with Crippen LogP contribution < -0.4 is 0 Å². The van der Waals surface area contributed by atoms with E-state index in [9.17, 15) is 39.5 Å². The molecule has 0 aliphatic carbocycles. The Morgan fingerprint density at radius 1 is 0.913 bits per heavy atom. The van der Waals surface area contributed by atoms with Crippen molar-refractivity contribution < 1.29 is 78.7 Å². The molecule has 0 amide bonds. The Labute approximate surface area is 254 Å². The molecule has 4 heterocycles. The lowest BCUT2D eigenvalue weighted by Crippen LogP contribution is -2.35. The zero-order valence-corrected chi connectivity index (χ0v) is 23.7. The topological polar surface area (TPSA) is 159 Å². The number of likely N-dealkylation sites (tertiary alicyclic amines) is 1. The predicted molar refractivity (Wildman–Crippen MR) is 136 cm³/mol. The number of aryl methyl sites for hydroxylation is 1. The molecule has 0 radical (unpaired) electrons. The lowest BCUT2D eigenvalue weighted by molar-refractivity contribution is -0.193. The number of nitrogens with zero attached hydrogens (tertiary/aromatic N) is 3. The van der Waals surface area contributed by atoms with Gasteiger partial charge < -0.3 is 24.8 Å². The molecular formula is C26H28F9N3O8. The van der Waals surface area contributed by atoms with Crippen molar-refractivity contribution in [2.24, 2.45) is 11.3 Å². The molecular weight excluding hydrogens is 653 g/mol. The third-order valence-corrected chi connectivity index (χ3v) is 6.06. The van der Waals surface area contributed by atoms with E-state index in [2.05, 4.69) is 27.0 Å². The van der Waals surface area contributed by atoms with E-state index in [1.54, 1.807) is 0 Å². The smallest absolute Gasteiger partial charge is 0.475 e. The van der Waals surface area contributed by atoms with Crippen LogP contribution in [-0.2, 0) is 37.0 Å². The summed E-state index contributed by atoms with van der Waals surface area (Å²) in [6.07, 6.45) is -11.5. The molecule has 2 aliphatic rings. The second-order valence-electron chi connectivity index (χ2n) is 9.77. The lowest BCUT2D eigenvalue weighted by atomic mass is 9.82. The number of alkyl halides is 9. The van der Waals surface area contributed by atoms with E-state index in [4.69, 9.17) is 39.2 Å². The Bertz CT molecular complexity index is 1220. The van der Waals surface area contributed by atoms with Crippen LogP contribution in [0.1, 0.15) is 17.0 Å². The van der Waals surface area contributed by atoms with E-state index in [0.29, 0.717) is 12.5 Å². The Kier molecular flexibility index (Phi) is 14.8. The van der Waals surface area contributed by atoms with Gasteiger partial charge in [0.1, 0.15) is 0 Å². The number of pyridine rings is 2. The first kappa shape index (κ1) is 40.0. The van der Waals surface area contributed by atoms with E-state index < -0.39 is 36.4 Å². The van der Waals surface area contributed by atoms with Gasteiger partial charge in [-0.2, -0.15) is 39.5 Å². The number of carbonyl (C=O) groups is 3. The molecule has 0 unspecified atom stereocenters. The summed E-state index contributed by atoms with van der Waals surface area (Å²) < 4.78 is 107. The zero-order valence-electron chi connectivity index (χ0n) is 23.7. The van der Waals surface area contributed by atoms with E-state index in [1.807, 2.05) is 37.5 Å². The summed E-state index contributed by atoms with van der Waals surface area (Å²) in [6, 6.07) is 10.3. The molecule has 4 rings (SSSR count). The van der Waals surface area contributed by atoms with Crippen LogP contribution in [0.4, 0.5) is 39.5 Å². The van der Waals surface area contributed by atoms with Gasteiger partial charge in [0.25, 0.3) is 0 Å². The summed E-state index contributed by atoms with van der Waals surface area (Å²) in [5.74, 6) is -7.72. The molecule has 20 heteroatoms. The predicted octanol–water partition coefficient (Wildman–Crippen LogP) is 4.35. The Balaban J connectivity index is 0.000000413. The average Bonchev–Trinajstić information content (AvgIpc) is 3.45. The molecule has 2 aromatic rings. The average molecular weight is 682 g/mol. The summed E-state index contributed by atoms with van der Waals surface area (Å²) in [5.41, 5.74) is 3.47. The number of rotatable bonds is 6. The molecule has 0 saturated carbocycles. The number of fused-ring (bicyclic) bond motifs is 1. The maximum Gasteiger partial charge on any atom is 0.490 e. The Morgan fingerprint density at radius 2 is 1.41 bits per heavy atom. The first-order valence-corrected chi connectivity index (χ1v) is 12.7. The fraction of sp³-hybridized carbons (Fsp3) is 0.500. The minimum atomic E-state index is -5.08. The number of carboxylic acids is 3. The molecule has 2 saturated heterocycles. The number of aliphatic carboxylic acids is 3. The number of halogens is 9. The van der Waals surface area contributed by atoms with Gasteiger partial charge in [-0.25, -0.2) is 14.4 Å². The van der Waals surface area contributed by atoms with Gasteiger partial charge in [-0.3, -0.25) is 14.9 Å². The van der Waals surface area contributed by atoms with Gasteiger partial charge in [0.2, 0.25) is 0 Å². The van der Waals surface area contributed by atoms with Gasteiger partial charge in [-0.1, -0.05) is 6.07 Å². The summed E-state index contributed by atoms with van der Waals surface area (Å²) in [5, 5.41) is 21.4. The quantitative estimate of drug-likeness (QED) is 0.372. The SMILES string of the molecule is Cc1cccc(COC[C@]23COC[C@H]2CN(Cc2ccncc2)C3)n1.O=C(O)C(F)(F)F.O=C(O)C(F)(F)F.O=C(O)C(F)(F)F. The van der Waals surface area contributed by atoms with Crippen LogP contribution >= 0.6 is 0 Å². The van der Waals surface area contributed by atoms with Gasteiger partial charge in [-0.05, 0) is 36.8 Å². The van der Waals surface area contributed by atoms with E-state index in [-0.39, 0.29) is 5.41 Å². The third-order valence-electron chi connectivity index (χ3n) is 6.06. The maximum atomic E-state index is 10.6. The minimum absolute atomic E-state index is 0.122. The third kappa shape index (κ3) is 14.4. The van der Waals surface area contributed by atoms with Crippen LogP contribution in [0.5, 0.6) is 0 Å². The molecule has 2 fully saturated rings. The van der Waals surface area contributed by atoms with Crippen molar-refractivity contribution in [2.45, 2.75) is 38.6 Å². The highest BCUT2D eigenvalue weighted by Gasteiger charge is 2.50. The number of ether oxygens (including phenoxy) is 2. The zero-order chi connectivity index (χ0) is 35.3. The van der Waals surface area contributed by atoms with Crippen molar-refractivity contribution in [3.63, 3.8) is 0 Å². The summed E-state index contributed by atoms with van der Waals surface area (Å²) in [6.45, 7) is 8.04. The highest BCUT2D eigenvalue weighted by molar-refractivity contribution is 5.73. The van der Waals surface area contributed by atoms with Crippen molar-refractivity contribution >= 4 is 17.9 Å². The summed E-state index contributed by atoms with van der Waals surface area (Å²) in [4.78, 5) is 37.8. The summed E-state index contributed by atoms with van der Waals surface area (Å²) >= 11 is 0. The van der Waals surface area contributed by atoms with Crippen LogP contribution in [0.2, 0.25) is 0 Å². The highest BCUT2D eigenvalue weighted by Crippen LogP contribution is 2.42. The van der Waals surface area contributed by atoms with Crippen LogP contribution in [-0.4, -0.2) is 99.5 Å². The van der Waals surface area contributed by atoms with Gasteiger partial charge >= 0.3 is 36.4 Å². The van der Waals surface area contributed by atoms with Crippen LogP contribution in [0.25, 0.3) is 0 Å². The van der Waals surface area contributed by atoms with Crippen molar-refractivity contribution in [3.8, 4) is 0 Å². The molecule has 3 N–H and O–H groups in total. The normalized spacial score (nSPS) is 19.3. The van der Waals surface area contributed by atoms with E-state index in [0.717, 1.165) is 50.8 Å². The lowest BCUT2D eigenvalue weighted by Gasteiger charge is -2.27. The van der Waals surface area contributed by atoms with Gasteiger partial charge in [0, 0.05) is 49.1 Å². The molecule has 46 heavy (non-hydrogen) atoms. The molecule has 11 nitrogen and oxygen atoms in total. The molecule has 2 aromatic heterocycles. The summed E-state index contributed by atoms with van der Waals surface area (Å²) in [7, 11) is 0. The molecule has 258 valence electrons. The largest absolute Gasteiger partial charge is 0.490 e. The van der Waals surface area contributed by atoms with Crippen molar-refractivity contribution in [1.82, 2.24) is 14.9 Å². The van der Waals surface area contributed by atoms with E-state index >= 15 is 0 Å². The van der Waals surface area contributed by atoms with Crippen LogP contribution in [0.3, 0.4) is 0 Å². The van der Waals surface area contributed by atoms with Crippen LogP contribution in [0.15, 0.2) is 42.7 Å². The number of aromatic nitrogens is 2. The first-order valence-electron chi connectivity index (χ1n) is 12.7. The second-order valence-corrected chi connectivity index (χ2v) is 9.77. The van der Waals surface area contributed by atoms with Crippen LogP contribution in [0, 0.1) is 18.3 Å². The molecule has 2 atom stereocenters. The minimum Gasteiger partial charge on any atom is -0.475 e. The fourth-order valence-corrected chi connectivity index (χ4v) is 4.05. The van der Waals surface area contributed by atoms with Gasteiger partial charge in [0.15, 0.2) is 0 Å². The van der Waals surface area contributed by atoms with Crippen molar-refractivity contribution in [2.75, 3.05) is 32.9 Å². The van der Waals surface area contributed by atoms with E-state index in [1.165, 1.54) is 5.56 Å². The standard InChI is InChI=1S/C20H25N3O2.3C2HF3O2/c1-16-3-2-4-19(22-16)12-25-15-20-13-23(10-18(20)11-24-14-20)9-17-5-7-21-8-6-17;3*3-2(4,5)1(6)7/h2-8,18H,9-15H2,1H3;3*(H,6,7)/t18-,20+;;;/m1.../s1. The van der Waals surface area contributed by atoms with Crippen molar-refractivity contribution in [1.29, 1.82) is 0 Å². The fourth-order valence-electron chi connectivity index (χ4n) is 4.05. The molecule has 2 aliphatic heterocycles. The second kappa shape index (κ2) is 17.0. The number of hydrogen-bond acceptors (Lipinski definition) is 8. The van der Waals surface area contributed by atoms with Gasteiger partial charge in [0.05, 0.1) is 32.1 Å². The maximum absolute atomic E-state index is 10.6. The monoisotopic (exact) mass is 681 g/mol. The number of carboxylic acid groups (broad SMARTS) is 3. The number of hydrogen-bond donors (Lipinski definition) is 3.